The third-order valence-corrected chi connectivity index (χ3v) is 1.94. The van der Waals surface area contributed by atoms with Gasteiger partial charge in [-0.05, 0) is 19.0 Å². The van der Waals surface area contributed by atoms with Crippen LogP contribution in [0.25, 0.3) is 0 Å². The molecule has 1 aliphatic heterocycles. The number of allylic oxidation sites excluding steroid dienone is 1. The van der Waals surface area contributed by atoms with Crippen LogP contribution < -0.4 is 22.5 Å². The van der Waals surface area contributed by atoms with Gasteiger partial charge in [-0.15, -0.1) is 0 Å². The Morgan fingerprint density at radius 1 is 1.64 bits per heavy atom. The predicted octanol–water partition coefficient (Wildman–Crippen LogP) is -1.45. The molecule has 1 heterocycles. The van der Waals surface area contributed by atoms with Crippen LogP contribution in [0.2, 0.25) is 0 Å². The predicted molar refractivity (Wildman–Crippen MR) is 51.1 cm³/mol. The Kier molecular flexibility index (Phi) is 2.73. The summed E-state index contributed by atoms with van der Waals surface area (Å²) in [4.78, 5) is 9.88. The van der Waals surface area contributed by atoms with Crippen molar-refractivity contribution in [2.45, 2.75) is 12.1 Å². The Balaban J connectivity index is 2.85. The molecule has 0 aromatic rings. The second kappa shape index (κ2) is 3.64. The fraction of sp³-hybridized carbons (Fsp3) is 0.429. The summed E-state index contributed by atoms with van der Waals surface area (Å²) in [6, 6.07) is 0. The van der Waals surface area contributed by atoms with Crippen molar-refractivity contribution in [1.29, 1.82) is 0 Å². The lowest BCUT2D eigenvalue weighted by atomic mass is 10.0. The number of nitrogens with zero attached hydrogens (tertiary/aromatic N) is 1. The highest BCUT2D eigenvalue weighted by Gasteiger charge is 2.29. The molecule has 0 radical (unpaired) electrons. The molecule has 7 heteroatoms. The SMILES string of the molecule is NCCC1(N)C=CC([N+](=O)[O-])=C(N)N1. The molecule has 0 aromatic carbocycles. The van der Waals surface area contributed by atoms with E-state index in [1.807, 2.05) is 0 Å². The molecule has 7 nitrogen and oxygen atoms in total. The molecule has 0 saturated carbocycles. The number of nitrogens with two attached hydrogens (primary N) is 3. The fourth-order valence-electron chi connectivity index (χ4n) is 1.22. The molecule has 0 amide bonds. The van der Waals surface area contributed by atoms with Gasteiger partial charge in [0.2, 0.25) is 0 Å². The van der Waals surface area contributed by atoms with Crippen LogP contribution >= 0.6 is 0 Å². The van der Waals surface area contributed by atoms with Gasteiger partial charge in [0.25, 0.3) is 0 Å². The van der Waals surface area contributed by atoms with E-state index in [0.29, 0.717) is 13.0 Å². The number of nitro groups is 1. The Bertz CT molecular complexity index is 311. The molecule has 14 heavy (non-hydrogen) atoms. The molecule has 0 saturated heterocycles. The molecule has 0 bridgehead atoms. The largest absolute Gasteiger partial charge is 0.380 e. The highest BCUT2D eigenvalue weighted by Crippen LogP contribution is 2.15. The summed E-state index contributed by atoms with van der Waals surface area (Å²) in [7, 11) is 0. The van der Waals surface area contributed by atoms with Crippen molar-refractivity contribution in [3.05, 3.63) is 33.8 Å². The average Bonchev–Trinajstić information content (AvgIpc) is 2.02. The fourth-order valence-corrected chi connectivity index (χ4v) is 1.22. The molecule has 1 aliphatic rings. The first-order valence-electron chi connectivity index (χ1n) is 4.09. The van der Waals surface area contributed by atoms with Crippen LogP contribution in [0.5, 0.6) is 0 Å². The first kappa shape index (κ1) is 10.5. The van der Waals surface area contributed by atoms with E-state index in [2.05, 4.69) is 5.32 Å². The summed E-state index contributed by atoms with van der Waals surface area (Å²) < 4.78 is 0. The van der Waals surface area contributed by atoms with E-state index in [1.165, 1.54) is 12.2 Å². The highest BCUT2D eigenvalue weighted by molar-refractivity contribution is 5.27. The number of nitrogens with one attached hydrogen (secondary N) is 1. The quantitative estimate of drug-likeness (QED) is 0.324. The summed E-state index contributed by atoms with van der Waals surface area (Å²) in [5.74, 6) is -0.0338. The summed E-state index contributed by atoms with van der Waals surface area (Å²) in [6.07, 6.45) is 3.24. The zero-order valence-electron chi connectivity index (χ0n) is 7.56. The number of dihydropyridines is 1. The van der Waals surface area contributed by atoms with E-state index < -0.39 is 10.6 Å². The van der Waals surface area contributed by atoms with Crippen molar-refractivity contribution in [1.82, 2.24) is 5.32 Å². The zero-order chi connectivity index (χ0) is 10.8. The monoisotopic (exact) mass is 199 g/mol. The van der Waals surface area contributed by atoms with Gasteiger partial charge in [-0.3, -0.25) is 10.1 Å². The molecule has 1 unspecified atom stereocenters. The smallest absolute Gasteiger partial charge is 0.308 e. The molecule has 7 N–H and O–H groups in total. The lowest BCUT2D eigenvalue weighted by molar-refractivity contribution is -0.421. The average molecular weight is 199 g/mol. The molecule has 0 fully saturated rings. The number of hydrogen-bond acceptors (Lipinski definition) is 6. The van der Waals surface area contributed by atoms with Gasteiger partial charge in [-0.1, -0.05) is 0 Å². The van der Waals surface area contributed by atoms with Crippen molar-refractivity contribution in [3.63, 3.8) is 0 Å². The lowest BCUT2D eigenvalue weighted by Gasteiger charge is -2.29. The van der Waals surface area contributed by atoms with E-state index in [1.54, 1.807) is 0 Å². The van der Waals surface area contributed by atoms with Crippen LogP contribution in [0, 0.1) is 10.1 Å². The van der Waals surface area contributed by atoms with Crippen LogP contribution in [-0.2, 0) is 0 Å². The highest BCUT2D eigenvalue weighted by atomic mass is 16.6. The van der Waals surface area contributed by atoms with Gasteiger partial charge in [0, 0.05) is 6.08 Å². The van der Waals surface area contributed by atoms with Gasteiger partial charge >= 0.3 is 5.70 Å². The molecule has 1 atom stereocenters. The van der Waals surface area contributed by atoms with Gasteiger partial charge in [-0.2, -0.15) is 0 Å². The van der Waals surface area contributed by atoms with Crippen LogP contribution in [0.1, 0.15) is 6.42 Å². The van der Waals surface area contributed by atoms with Crippen LogP contribution in [0.4, 0.5) is 0 Å². The first-order valence-corrected chi connectivity index (χ1v) is 4.09. The topological polar surface area (TPSA) is 133 Å². The van der Waals surface area contributed by atoms with Crippen molar-refractivity contribution < 1.29 is 4.92 Å². The summed E-state index contributed by atoms with van der Waals surface area (Å²) >= 11 is 0. The Morgan fingerprint density at radius 3 is 2.71 bits per heavy atom. The maximum atomic E-state index is 10.4. The number of hydrogen-bond donors (Lipinski definition) is 4. The molecule has 0 spiro atoms. The second-order valence-corrected chi connectivity index (χ2v) is 3.09. The molecular formula is C7H13N5O2. The van der Waals surface area contributed by atoms with Gasteiger partial charge in [0.05, 0.1) is 4.92 Å². The number of rotatable bonds is 3. The minimum absolute atomic E-state index is 0.0338. The maximum absolute atomic E-state index is 10.4. The minimum atomic E-state index is -0.877. The van der Waals surface area contributed by atoms with E-state index >= 15 is 0 Å². The van der Waals surface area contributed by atoms with E-state index in [-0.39, 0.29) is 11.5 Å². The second-order valence-electron chi connectivity index (χ2n) is 3.09. The standard InChI is InChI=1S/C7H13N5O2/c8-4-3-7(10)2-1-5(12(13)14)6(9)11-7/h1-2,11H,3-4,8-10H2. The van der Waals surface area contributed by atoms with Crippen molar-refractivity contribution in [2.75, 3.05) is 6.54 Å². The van der Waals surface area contributed by atoms with E-state index in [0.717, 1.165) is 0 Å². The molecule has 78 valence electrons. The molecule has 1 rings (SSSR count). The minimum Gasteiger partial charge on any atom is -0.380 e. The summed E-state index contributed by atoms with van der Waals surface area (Å²) in [5, 5.41) is 13.1. The summed E-state index contributed by atoms with van der Waals surface area (Å²) in [6.45, 7) is 0.370. The molecular weight excluding hydrogens is 186 g/mol. The first-order chi connectivity index (χ1) is 6.48. The Morgan fingerprint density at radius 2 is 2.29 bits per heavy atom. The van der Waals surface area contributed by atoms with Crippen molar-refractivity contribution >= 4 is 0 Å². The zero-order valence-corrected chi connectivity index (χ0v) is 7.56. The van der Waals surface area contributed by atoms with E-state index in [4.69, 9.17) is 17.2 Å². The van der Waals surface area contributed by atoms with E-state index in [9.17, 15) is 10.1 Å². The lowest BCUT2D eigenvalue weighted by Crippen LogP contribution is -2.55. The van der Waals surface area contributed by atoms with Crippen molar-refractivity contribution in [3.8, 4) is 0 Å². The van der Waals surface area contributed by atoms with Crippen molar-refractivity contribution in [2.24, 2.45) is 17.2 Å². The van der Waals surface area contributed by atoms with Crippen LogP contribution in [0.15, 0.2) is 23.7 Å². The van der Waals surface area contributed by atoms with Gasteiger partial charge in [0.1, 0.15) is 5.66 Å². The maximum Gasteiger partial charge on any atom is 0.308 e. The molecule has 0 aliphatic carbocycles. The van der Waals surface area contributed by atoms with Gasteiger partial charge in [-0.25, -0.2) is 0 Å². The Labute approximate surface area is 80.8 Å². The molecule has 0 aromatic heterocycles. The Hall–Kier alpha value is -1.60. The van der Waals surface area contributed by atoms with Gasteiger partial charge < -0.3 is 22.5 Å². The normalized spacial score (nSPS) is 26.1. The van der Waals surface area contributed by atoms with Gasteiger partial charge in [0.15, 0.2) is 5.82 Å². The van der Waals surface area contributed by atoms with Crippen LogP contribution in [0.3, 0.4) is 0 Å². The van der Waals surface area contributed by atoms with Crippen LogP contribution in [-0.4, -0.2) is 17.1 Å². The third-order valence-electron chi connectivity index (χ3n) is 1.94. The third kappa shape index (κ3) is 2.01. The summed E-state index contributed by atoms with van der Waals surface area (Å²) in [5.41, 5.74) is 15.5.